The van der Waals surface area contributed by atoms with E-state index in [9.17, 15) is 9.59 Å². The number of morpholine rings is 1. The molecule has 0 radical (unpaired) electrons. The maximum absolute atomic E-state index is 13.6. The molecule has 6 nitrogen and oxygen atoms in total. The summed E-state index contributed by atoms with van der Waals surface area (Å²) in [7, 11) is 0. The normalized spacial score (nSPS) is 21.0. The highest BCUT2D eigenvalue weighted by molar-refractivity contribution is 5.90. The van der Waals surface area contributed by atoms with Gasteiger partial charge >= 0.3 is 0 Å². The number of amides is 2. The van der Waals surface area contributed by atoms with Gasteiger partial charge in [-0.05, 0) is 23.6 Å². The second kappa shape index (κ2) is 9.24. The molecule has 1 atom stereocenters. The zero-order valence-electron chi connectivity index (χ0n) is 18.7. The SMILES string of the molecule is O=C(Cc1c[nH]c2ccccc12)N1CCOC2(CC=CCN(CCc3ccccc3)C2=O)C1. The second-order valence-electron chi connectivity index (χ2n) is 8.86. The number of para-hydroxylation sites is 1. The Morgan fingerprint density at radius 2 is 1.88 bits per heavy atom. The van der Waals surface area contributed by atoms with Gasteiger partial charge in [0.1, 0.15) is 0 Å². The van der Waals surface area contributed by atoms with E-state index in [4.69, 9.17) is 4.74 Å². The number of carbonyl (C=O) groups excluding carboxylic acids is 2. The van der Waals surface area contributed by atoms with Crippen molar-refractivity contribution in [1.82, 2.24) is 14.8 Å². The van der Waals surface area contributed by atoms with Crippen molar-refractivity contribution in [2.75, 3.05) is 32.8 Å². The molecule has 6 heteroatoms. The van der Waals surface area contributed by atoms with E-state index < -0.39 is 5.60 Å². The smallest absolute Gasteiger partial charge is 0.257 e. The van der Waals surface area contributed by atoms with E-state index in [0.29, 0.717) is 45.6 Å². The zero-order chi connectivity index (χ0) is 22.7. The predicted molar refractivity (Wildman–Crippen MR) is 128 cm³/mol. The molecule has 3 aromatic rings. The summed E-state index contributed by atoms with van der Waals surface area (Å²) in [6.07, 6.45) is 7.55. The van der Waals surface area contributed by atoms with E-state index in [1.54, 1.807) is 4.90 Å². The summed E-state index contributed by atoms with van der Waals surface area (Å²) in [5.41, 5.74) is 2.20. The third-order valence-electron chi connectivity index (χ3n) is 6.69. The molecule has 1 aromatic heterocycles. The Morgan fingerprint density at radius 1 is 1.06 bits per heavy atom. The Bertz CT molecular complexity index is 1170. The first kappa shape index (κ1) is 21.5. The monoisotopic (exact) mass is 443 g/mol. The topological polar surface area (TPSA) is 65.6 Å². The molecule has 1 fully saturated rings. The van der Waals surface area contributed by atoms with Gasteiger partial charge in [-0.3, -0.25) is 9.59 Å². The number of aromatic nitrogens is 1. The van der Waals surface area contributed by atoms with Crippen LogP contribution in [0.5, 0.6) is 0 Å². The number of nitrogens with one attached hydrogen (secondary N) is 1. The molecule has 0 saturated carbocycles. The van der Waals surface area contributed by atoms with Crippen molar-refractivity contribution in [2.24, 2.45) is 0 Å². The molecule has 170 valence electrons. The molecule has 0 aliphatic carbocycles. The minimum absolute atomic E-state index is 0.0203. The molecular formula is C27H29N3O3. The number of benzene rings is 2. The lowest BCUT2D eigenvalue weighted by molar-refractivity contribution is -0.173. The van der Waals surface area contributed by atoms with Gasteiger partial charge in [0, 0.05) is 43.2 Å². The Balaban J connectivity index is 1.29. The molecule has 2 aliphatic rings. The first-order chi connectivity index (χ1) is 16.1. The fourth-order valence-electron chi connectivity index (χ4n) is 4.84. The molecule has 2 aromatic carbocycles. The summed E-state index contributed by atoms with van der Waals surface area (Å²) in [6, 6.07) is 18.2. The van der Waals surface area contributed by atoms with Crippen molar-refractivity contribution in [2.45, 2.75) is 24.9 Å². The first-order valence-corrected chi connectivity index (χ1v) is 11.6. The molecule has 0 bridgehead atoms. The lowest BCUT2D eigenvalue weighted by Gasteiger charge is -2.42. The summed E-state index contributed by atoms with van der Waals surface area (Å²) >= 11 is 0. The van der Waals surface area contributed by atoms with Crippen LogP contribution in [0.4, 0.5) is 0 Å². The van der Waals surface area contributed by atoms with Crippen LogP contribution in [0.1, 0.15) is 17.5 Å². The van der Waals surface area contributed by atoms with Gasteiger partial charge in [-0.25, -0.2) is 0 Å². The van der Waals surface area contributed by atoms with Crippen LogP contribution in [-0.4, -0.2) is 65.0 Å². The highest BCUT2D eigenvalue weighted by Crippen LogP contribution is 2.28. The Morgan fingerprint density at radius 3 is 2.76 bits per heavy atom. The largest absolute Gasteiger partial charge is 0.361 e. The van der Waals surface area contributed by atoms with E-state index in [0.717, 1.165) is 22.9 Å². The summed E-state index contributed by atoms with van der Waals surface area (Å²) in [5, 5.41) is 1.06. The van der Waals surface area contributed by atoms with Crippen LogP contribution >= 0.6 is 0 Å². The number of aromatic amines is 1. The fourth-order valence-corrected chi connectivity index (χ4v) is 4.84. The highest BCUT2D eigenvalue weighted by Gasteiger charge is 2.46. The molecule has 1 saturated heterocycles. The summed E-state index contributed by atoms with van der Waals surface area (Å²) in [4.78, 5) is 33.8. The maximum Gasteiger partial charge on any atom is 0.257 e. The number of hydrogen-bond donors (Lipinski definition) is 1. The van der Waals surface area contributed by atoms with Crippen LogP contribution in [-0.2, 0) is 27.2 Å². The lowest BCUT2D eigenvalue weighted by atomic mass is 9.95. The average molecular weight is 444 g/mol. The molecule has 2 amide bonds. The van der Waals surface area contributed by atoms with Gasteiger partial charge in [-0.15, -0.1) is 0 Å². The van der Waals surface area contributed by atoms with Gasteiger partial charge in [-0.1, -0.05) is 60.7 Å². The van der Waals surface area contributed by atoms with E-state index in [1.807, 2.05) is 65.7 Å². The molecule has 3 heterocycles. The van der Waals surface area contributed by atoms with E-state index in [1.165, 1.54) is 5.56 Å². The molecular weight excluding hydrogens is 414 g/mol. The molecule has 1 N–H and O–H groups in total. The van der Waals surface area contributed by atoms with E-state index in [-0.39, 0.29) is 11.8 Å². The lowest BCUT2D eigenvalue weighted by Crippen LogP contribution is -2.61. The Kier molecular flexibility index (Phi) is 6.01. The number of ether oxygens (including phenoxy) is 1. The van der Waals surface area contributed by atoms with Crippen molar-refractivity contribution in [3.05, 3.63) is 84.1 Å². The Hall–Kier alpha value is -3.38. The number of carbonyl (C=O) groups is 2. The third-order valence-corrected chi connectivity index (χ3v) is 6.69. The van der Waals surface area contributed by atoms with Crippen molar-refractivity contribution in [3.63, 3.8) is 0 Å². The summed E-state index contributed by atoms with van der Waals surface area (Å²) < 4.78 is 6.12. The maximum atomic E-state index is 13.6. The zero-order valence-corrected chi connectivity index (χ0v) is 18.7. The molecule has 1 unspecified atom stereocenters. The molecule has 5 rings (SSSR count). The number of rotatable bonds is 5. The van der Waals surface area contributed by atoms with Crippen LogP contribution in [0.2, 0.25) is 0 Å². The van der Waals surface area contributed by atoms with Crippen molar-refractivity contribution < 1.29 is 14.3 Å². The molecule has 33 heavy (non-hydrogen) atoms. The minimum atomic E-state index is -1.00. The number of H-pyrrole nitrogens is 1. The fraction of sp³-hybridized carbons (Fsp3) is 0.333. The number of fused-ring (bicyclic) bond motifs is 1. The standard InChI is InChI=1S/C27H29N3O3/c31-25(18-22-19-28-24-11-5-4-10-23(22)24)30-16-17-33-27(20-30)13-6-7-14-29(26(27)32)15-12-21-8-2-1-3-9-21/h1-11,19,28H,12-18,20H2. The van der Waals surface area contributed by atoms with Crippen LogP contribution in [0.25, 0.3) is 10.9 Å². The van der Waals surface area contributed by atoms with Gasteiger partial charge in [0.25, 0.3) is 5.91 Å². The second-order valence-corrected chi connectivity index (χ2v) is 8.86. The van der Waals surface area contributed by atoms with Crippen LogP contribution < -0.4 is 0 Å². The van der Waals surface area contributed by atoms with Gasteiger partial charge in [0.2, 0.25) is 5.91 Å². The van der Waals surface area contributed by atoms with Crippen LogP contribution in [0.3, 0.4) is 0 Å². The van der Waals surface area contributed by atoms with Crippen molar-refractivity contribution >= 4 is 22.7 Å². The van der Waals surface area contributed by atoms with Gasteiger partial charge < -0.3 is 19.5 Å². The average Bonchev–Trinajstić information content (AvgIpc) is 3.20. The van der Waals surface area contributed by atoms with Crippen LogP contribution in [0.15, 0.2) is 72.9 Å². The minimum Gasteiger partial charge on any atom is -0.361 e. The van der Waals surface area contributed by atoms with Gasteiger partial charge in [-0.2, -0.15) is 0 Å². The van der Waals surface area contributed by atoms with E-state index >= 15 is 0 Å². The van der Waals surface area contributed by atoms with Gasteiger partial charge in [0.15, 0.2) is 5.60 Å². The number of nitrogens with zero attached hydrogens (tertiary/aromatic N) is 2. The molecule has 2 aliphatic heterocycles. The third kappa shape index (κ3) is 4.44. The quantitative estimate of drug-likeness (QED) is 0.615. The predicted octanol–water partition coefficient (Wildman–Crippen LogP) is 3.34. The molecule has 1 spiro atoms. The first-order valence-electron chi connectivity index (χ1n) is 11.6. The number of hydrogen-bond acceptors (Lipinski definition) is 3. The Labute approximate surface area is 193 Å². The summed E-state index contributed by atoms with van der Waals surface area (Å²) in [5.74, 6) is 0.00677. The van der Waals surface area contributed by atoms with Crippen molar-refractivity contribution in [1.29, 1.82) is 0 Å². The summed E-state index contributed by atoms with van der Waals surface area (Å²) in [6.45, 7) is 2.36. The van der Waals surface area contributed by atoms with Crippen molar-refractivity contribution in [3.8, 4) is 0 Å². The highest BCUT2D eigenvalue weighted by atomic mass is 16.5. The van der Waals surface area contributed by atoms with E-state index in [2.05, 4.69) is 17.1 Å². The van der Waals surface area contributed by atoms with Gasteiger partial charge in [0.05, 0.1) is 19.6 Å². The van der Waals surface area contributed by atoms with Crippen LogP contribution in [0, 0.1) is 0 Å².